The second-order valence-corrected chi connectivity index (χ2v) is 6.79. The molecule has 0 bridgehead atoms. The minimum atomic E-state index is -0.752. The van der Waals surface area contributed by atoms with Crippen LogP contribution in [0.2, 0.25) is 0 Å². The van der Waals surface area contributed by atoms with Gasteiger partial charge in [0.05, 0.1) is 13.1 Å². The van der Waals surface area contributed by atoms with E-state index in [1.807, 2.05) is 24.0 Å². The van der Waals surface area contributed by atoms with E-state index in [2.05, 4.69) is 36.5 Å². The van der Waals surface area contributed by atoms with Gasteiger partial charge in [-0.3, -0.25) is 9.69 Å². The van der Waals surface area contributed by atoms with Crippen LogP contribution >= 0.6 is 0 Å². The van der Waals surface area contributed by atoms with Crippen molar-refractivity contribution in [1.29, 1.82) is 0 Å². The zero-order valence-corrected chi connectivity index (χ0v) is 14.9. The number of nitrogens with zero attached hydrogens (tertiary/aromatic N) is 1. The van der Waals surface area contributed by atoms with Crippen LogP contribution in [0.15, 0.2) is 40.8 Å². The van der Waals surface area contributed by atoms with E-state index in [4.69, 9.17) is 9.52 Å². The van der Waals surface area contributed by atoms with Crippen LogP contribution in [0.4, 0.5) is 0 Å². The smallest absolute Gasteiger partial charge is 0.317 e. The molecule has 0 saturated heterocycles. The van der Waals surface area contributed by atoms with E-state index >= 15 is 0 Å². The molecule has 1 fully saturated rings. The van der Waals surface area contributed by atoms with E-state index in [1.54, 1.807) is 0 Å². The standard InChI is InChI=1S/C20H26N2O3/c1-3-22(13-20(23)24)17-10-16(11-17)21-12-18-8-9-19(25-18)15-6-4-14(2)5-7-15/h4-9,16-17,21H,3,10-13H2,1-2H3,(H,23,24). The summed E-state index contributed by atoms with van der Waals surface area (Å²) in [6.45, 7) is 5.70. The first kappa shape index (κ1) is 17.7. The molecule has 3 rings (SSSR count). The fraction of sp³-hybridized carbons (Fsp3) is 0.450. The zero-order valence-electron chi connectivity index (χ0n) is 14.9. The highest BCUT2D eigenvalue weighted by atomic mass is 16.4. The number of carboxylic acids is 1. The Hall–Kier alpha value is -2.11. The summed E-state index contributed by atoms with van der Waals surface area (Å²) in [5.74, 6) is 1.07. The minimum absolute atomic E-state index is 0.131. The Morgan fingerprint density at radius 2 is 1.96 bits per heavy atom. The maximum atomic E-state index is 10.9. The van der Waals surface area contributed by atoms with E-state index in [0.717, 1.165) is 36.5 Å². The lowest BCUT2D eigenvalue weighted by atomic mass is 9.85. The number of aliphatic carboxylic acids is 1. The van der Waals surface area contributed by atoms with Crippen molar-refractivity contribution >= 4 is 5.97 Å². The molecule has 2 N–H and O–H groups in total. The molecule has 0 spiro atoms. The molecule has 5 heteroatoms. The number of furan rings is 1. The Morgan fingerprint density at radius 1 is 1.24 bits per heavy atom. The van der Waals surface area contributed by atoms with E-state index < -0.39 is 5.97 Å². The summed E-state index contributed by atoms with van der Waals surface area (Å²) in [7, 11) is 0. The maximum Gasteiger partial charge on any atom is 0.317 e. The molecule has 0 amide bonds. The highest BCUT2D eigenvalue weighted by Gasteiger charge is 2.33. The Labute approximate surface area is 148 Å². The van der Waals surface area contributed by atoms with Gasteiger partial charge in [0.15, 0.2) is 0 Å². The largest absolute Gasteiger partial charge is 0.480 e. The molecule has 134 valence electrons. The second-order valence-electron chi connectivity index (χ2n) is 6.79. The zero-order chi connectivity index (χ0) is 17.8. The normalized spacial score (nSPS) is 19.8. The van der Waals surface area contributed by atoms with E-state index in [-0.39, 0.29) is 6.54 Å². The molecular formula is C20H26N2O3. The van der Waals surface area contributed by atoms with Gasteiger partial charge in [-0.05, 0) is 38.4 Å². The molecular weight excluding hydrogens is 316 g/mol. The van der Waals surface area contributed by atoms with Crippen molar-refractivity contribution in [3.63, 3.8) is 0 Å². The highest BCUT2D eigenvalue weighted by Crippen LogP contribution is 2.27. The monoisotopic (exact) mass is 342 g/mol. The first-order valence-corrected chi connectivity index (χ1v) is 8.90. The molecule has 0 atom stereocenters. The van der Waals surface area contributed by atoms with Gasteiger partial charge in [0, 0.05) is 17.6 Å². The van der Waals surface area contributed by atoms with Crippen LogP contribution in [0.5, 0.6) is 0 Å². The molecule has 5 nitrogen and oxygen atoms in total. The number of likely N-dealkylation sites (N-methyl/N-ethyl adjacent to an activating group) is 1. The number of benzene rings is 1. The number of carboxylic acid groups (broad SMARTS) is 1. The van der Waals surface area contributed by atoms with E-state index in [0.29, 0.717) is 18.6 Å². The van der Waals surface area contributed by atoms with Crippen LogP contribution in [0.25, 0.3) is 11.3 Å². The van der Waals surface area contributed by atoms with Crippen LogP contribution in [-0.2, 0) is 11.3 Å². The Kier molecular flexibility index (Phi) is 5.56. The van der Waals surface area contributed by atoms with Gasteiger partial charge >= 0.3 is 5.97 Å². The van der Waals surface area contributed by atoms with Crippen molar-refractivity contribution < 1.29 is 14.3 Å². The molecule has 0 unspecified atom stereocenters. The average molecular weight is 342 g/mol. The molecule has 2 aromatic rings. The number of hydrogen-bond donors (Lipinski definition) is 2. The van der Waals surface area contributed by atoms with Crippen molar-refractivity contribution in [2.45, 2.75) is 45.3 Å². The minimum Gasteiger partial charge on any atom is -0.480 e. The third-order valence-electron chi connectivity index (χ3n) is 4.94. The third kappa shape index (κ3) is 4.50. The van der Waals surface area contributed by atoms with Gasteiger partial charge in [-0.2, -0.15) is 0 Å². The van der Waals surface area contributed by atoms with Crippen molar-refractivity contribution in [3.05, 3.63) is 47.7 Å². The van der Waals surface area contributed by atoms with Crippen molar-refractivity contribution in [1.82, 2.24) is 10.2 Å². The van der Waals surface area contributed by atoms with Gasteiger partial charge in [0.25, 0.3) is 0 Å². The first-order valence-electron chi connectivity index (χ1n) is 8.90. The molecule has 1 aromatic carbocycles. The fourth-order valence-electron chi connectivity index (χ4n) is 3.32. The maximum absolute atomic E-state index is 10.9. The second kappa shape index (κ2) is 7.85. The predicted octanol–water partition coefficient (Wildman–Crippen LogP) is 3.28. The van der Waals surface area contributed by atoms with Gasteiger partial charge in [-0.25, -0.2) is 0 Å². The lowest BCUT2D eigenvalue weighted by Gasteiger charge is -2.42. The topological polar surface area (TPSA) is 65.7 Å². The molecule has 25 heavy (non-hydrogen) atoms. The van der Waals surface area contributed by atoms with Gasteiger partial charge in [-0.15, -0.1) is 0 Å². The lowest BCUT2D eigenvalue weighted by Crippen LogP contribution is -2.53. The van der Waals surface area contributed by atoms with E-state index in [9.17, 15) is 4.79 Å². The van der Waals surface area contributed by atoms with Crippen LogP contribution in [0.3, 0.4) is 0 Å². The SMILES string of the molecule is CCN(CC(=O)O)C1CC(NCc2ccc(-c3ccc(C)cc3)o2)C1. The predicted molar refractivity (Wildman–Crippen MR) is 97.4 cm³/mol. The number of carbonyl (C=O) groups is 1. The van der Waals surface area contributed by atoms with E-state index in [1.165, 1.54) is 5.56 Å². The summed E-state index contributed by atoms with van der Waals surface area (Å²) in [4.78, 5) is 12.9. The van der Waals surface area contributed by atoms with Crippen LogP contribution < -0.4 is 5.32 Å². The fourth-order valence-corrected chi connectivity index (χ4v) is 3.32. The van der Waals surface area contributed by atoms with Gasteiger partial charge in [0.1, 0.15) is 11.5 Å². The highest BCUT2D eigenvalue weighted by molar-refractivity contribution is 5.69. The van der Waals surface area contributed by atoms with Crippen molar-refractivity contribution in [3.8, 4) is 11.3 Å². The molecule has 0 radical (unpaired) electrons. The summed E-state index contributed by atoms with van der Waals surface area (Å²) in [5, 5.41) is 12.4. The van der Waals surface area contributed by atoms with Crippen LogP contribution in [0.1, 0.15) is 31.1 Å². The molecule has 1 heterocycles. The van der Waals surface area contributed by atoms with Gasteiger partial charge in [-0.1, -0.05) is 36.8 Å². The number of aryl methyl sites for hydroxylation is 1. The summed E-state index contributed by atoms with van der Waals surface area (Å²) < 4.78 is 5.93. The number of rotatable bonds is 8. The molecule has 1 aliphatic rings. The Bertz CT molecular complexity index is 702. The number of nitrogens with one attached hydrogen (secondary N) is 1. The van der Waals surface area contributed by atoms with Gasteiger partial charge < -0.3 is 14.8 Å². The third-order valence-corrected chi connectivity index (χ3v) is 4.94. The van der Waals surface area contributed by atoms with Crippen molar-refractivity contribution in [2.75, 3.05) is 13.1 Å². The lowest BCUT2D eigenvalue weighted by molar-refractivity contribution is -0.139. The van der Waals surface area contributed by atoms with Crippen LogP contribution in [-0.4, -0.2) is 41.1 Å². The summed E-state index contributed by atoms with van der Waals surface area (Å²) in [6.07, 6.45) is 1.99. The van der Waals surface area contributed by atoms with Crippen molar-refractivity contribution in [2.24, 2.45) is 0 Å². The summed E-state index contributed by atoms with van der Waals surface area (Å²) in [6, 6.07) is 13.1. The van der Waals surface area contributed by atoms with Gasteiger partial charge in [0.2, 0.25) is 0 Å². The first-order chi connectivity index (χ1) is 12.0. The summed E-state index contributed by atoms with van der Waals surface area (Å²) in [5.41, 5.74) is 2.33. The Balaban J connectivity index is 1.46. The molecule has 0 aliphatic heterocycles. The molecule has 1 saturated carbocycles. The summed E-state index contributed by atoms with van der Waals surface area (Å²) >= 11 is 0. The average Bonchev–Trinajstić information content (AvgIpc) is 3.01. The Morgan fingerprint density at radius 3 is 2.60 bits per heavy atom. The number of hydrogen-bond acceptors (Lipinski definition) is 4. The van der Waals surface area contributed by atoms with Crippen LogP contribution in [0, 0.1) is 6.92 Å². The molecule has 1 aliphatic carbocycles. The molecule has 1 aromatic heterocycles. The quantitative estimate of drug-likeness (QED) is 0.771.